The Kier molecular flexibility index (Phi) is 4.40. The van der Waals surface area contributed by atoms with Crippen molar-refractivity contribution in [3.05, 3.63) is 29.6 Å². The van der Waals surface area contributed by atoms with Crippen LogP contribution in [0.3, 0.4) is 0 Å². The topological polar surface area (TPSA) is 59.6 Å². The van der Waals surface area contributed by atoms with Gasteiger partial charge in [0.1, 0.15) is 0 Å². The minimum Gasteiger partial charge on any atom is -0.494 e. The Bertz CT molecular complexity index is 531. The Labute approximate surface area is 125 Å². The summed E-state index contributed by atoms with van der Waals surface area (Å²) in [6.07, 6.45) is 1.80. The number of benzene rings is 1. The molecule has 1 saturated carbocycles. The maximum absolute atomic E-state index is 13.7. The molecule has 0 unspecified atom stereocenters. The number of nitrogens with one attached hydrogen (secondary N) is 1. The summed E-state index contributed by atoms with van der Waals surface area (Å²) >= 11 is 0. The Morgan fingerprint density at radius 1 is 1.38 bits per heavy atom. The molecule has 0 aromatic heterocycles. The first-order valence-corrected chi connectivity index (χ1v) is 7.23. The second-order valence-corrected chi connectivity index (χ2v) is 6.61. The number of nitrogens with two attached hydrogens (primary N) is 1. The summed E-state index contributed by atoms with van der Waals surface area (Å²) in [5.41, 5.74) is 6.79. The number of aliphatic imine (C=N–C) groups is 1. The van der Waals surface area contributed by atoms with Crippen LogP contribution in [-0.2, 0) is 0 Å². The smallest absolute Gasteiger partial charge is 0.189 e. The van der Waals surface area contributed by atoms with Gasteiger partial charge in [0.2, 0.25) is 0 Å². The number of hydrogen-bond donors (Lipinski definition) is 2. The van der Waals surface area contributed by atoms with Crippen molar-refractivity contribution in [2.75, 3.05) is 7.11 Å². The van der Waals surface area contributed by atoms with Crippen molar-refractivity contribution < 1.29 is 9.13 Å². The molecular weight excluding hydrogens is 269 g/mol. The molecule has 21 heavy (non-hydrogen) atoms. The monoisotopic (exact) mass is 293 g/mol. The minimum absolute atomic E-state index is 0.0875. The summed E-state index contributed by atoms with van der Waals surface area (Å²) in [5.74, 6) is 0.801. The summed E-state index contributed by atoms with van der Waals surface area (Å²) in [4.78, 5) is 4.46. The fraction of sp³-hybridized carbons (Fsp3) is 0.562. The summed E-state index contributed by atoms with van der Waals surface area (Å²) in [6.45, 7) is 6.12. The van der Waals surface area contributed by atoms with Crippen LogP contribution in [0.25, 0.3) is 0 Å². The average molecular weight is 293 g/mol. The van der Waals surface area contributed by atoms with E-state index in [1.807, 2.05) is 26.8 Å². The fourth-order valence-corrected chi connectivity index (χ4v) is 2.52. The standard InChI is InChI=1S/C16H24FN3O/c1-16(2,3)20-15(18)19-12-7-11(8-12)10-5-6-14(21-4)13(17)9-10/h5-6,9,11-12H,7-8H2,1-4H3,(H3,18,19,20). The maximum Gasteiger partial charge on any atom is 0.189 e. The number of ether oxygens (including phenoxy) is 1. The van der Waals surface area contributed by atoms with Crippen LogP contribution in [0.1, 0.15) is 45.1 Å². The third-order valence-electron chi connectivity index (χ3n) is 3.59. The third kappa shape index (κ3) is 4.09. The molecule has 4 nitrogen and oxygen atoms in total. The molecule has 0 heterocycles. The Balaban J connectivity index is 1.92. The molecular formula is C16H24FN3O. The molecule has 1 aliphatic rings. The van der Waals surface area contributed by atoms with Gasteiger partial charge in [-0.3, -0.25) is 4.99 Å². The lowest BCUT2D eigenvalue weighted by molar-refractivity contribution is 0.347. The van der Waals surface area contributed by atoms with E-state index in [-0.39, 0.29) is 23.1 Å². The number of guanidine groups is 1. The molecule has 0 radical (unpaired) electrons. The highest BCUT2D eigenvalue weighted by Gasteiger charge is 2.31. The van der Waals surface area contributed by atoms with Crippen molar-refractivity contribution in [2.45, 2.75) is 51.1 Å². The third-order valence-corrected chi connectivity index (χ3v) is 3.59. The molecule has 2 rings (SSSR count). The van der Waals surface area contributed by atoms with Crippen LogP contribution in [-0.4, -0.2) is 24.7 Å². The van der Waals surface area contributed by atoms with Crippen LogP contribution in [0.4, 0.5) is 4.39 Å². The van der Waals surface area contributed by atoms with Crippen molar-refractivity contribution in [3.63, 3.8) is 0 Å². The van der Waals surface area contributed by atoms with E-state index in [2.05, 4.69) is 10.3 Å². The minimum atomic E-state index is -0.309. The summed E-state index contributed by atoms with van der Waals surface area (Å²) in [5, 5.41) is 3.15. The molecule has 0 bridgehead atoms. The summed E-state index contributed by atoms with van der Waals surface area (Å²) < 4.78 is 18.6. The SMILES string of the molecule is COc1ccc(C2CC(N=C(N)NC(C)(C)C)C2)cc1F. The molecule has 5 heteroatoms. The molecule has 1 aromatic rings. The predicted octanol–water partition coefficient (Wildman–Crippen LogP) is 2.78. The second kappa shape index (κ2) is 5.92. The van der Waals surface area contributed by atoms with Crippen molar-refractivity contribution in [1.29, 1.82) is 0 Å². The highest BCUT2D eigenvalue weighted by atomic mass is 19.1. The quantitative estimate of drug-likeness (QED) is 0.665. The Morgan fingerprint density at radius 3 is 2.57 bits per heavy atom. The lowest BCUT2D eigenvalue weighted by Crippen LogP contribution is -2.46. The molecule has 0 spiro atoms. The van der Waals surface area contributed by atoms with Crippen LogP contribution in [0, 0.1) is 5.82 Å². The molecule has 0 amide bonds. The van der Waals surface area contributed by atoms with Crippen molar-refractivity contribution in [1.82, 2.24) is 5.32 Å². The van der Waals surface area contributed by atoms with Crippen LogP contribution in [0.5, 0.6) is 5.75 Å². The van der Waals surface area contributed by atoms with Gasteiger partial charge in [-0.25, -0.2) is 4.39 Å². The predicted molar refractivity (Wildman–Crippen MR) is 83.2 cm³/mol. The van der Waals surface area contributed by atoms with Crippen LogP contribution in [0.2, 0.25) is 0 Å². The van der Waals surface area contributed by atoms with Gasteiger partial charge in [0.15, 0.2) is 17.5 Å². The molecule has 1 aromatic carbocycles. The molecule has 0 atom stereocenters. The van der Waals surface area contributed by atoms with Gasteiger partial charge in [0.25, 0.3) is 0 Å². The van der Waals surface area contributed by atoms with Gasteiger partial charge in [-0.1, -0.05) is 6.07 Å². The zero-order valence-electron chi connectivity index (χ0n) is 13.1. The van der Waals surface area contributed by atoms with Crippen molar-refractivity contribution >= 4 is 5.96 Å². The summed E-state index contributed by atoms with van der Waals surface area (Å²) in [7, 11) is 1.47. The zero-order chi connectivity index (χ0) is 15.6. The van der Waals surface area contributed by atoms with Crippen LogP contribution >= 0.6 is 0 Å². The molecule has 3 N–H and O–H groups in total. The van der Waals surface area contributed by atoms with Gasteiger partial charge in [-0.05, 0) is 57.2 Å². The maximum atomic E-state index is 13.7. The first-order chi connectivity index (χ1) is 9.78. The molecule has 0 saturated heterocycles. The molecule has 116 valence electrons. The van der Waals surface area contributed by atoms with Gasteiger partial charge in [0.05, 0.1) is 13.2 Å². The Morgan fingerprint density at radius 2 is 2.05 bits per heavy atom. The average Bonchev–Trinajstić information content (AvgIpc) is 2.31. The van der Waals surface area contributed by atoms with E-state index < -0.39 is 0 Å². The van der Waals surface area contributed by atoms with E-state index >= 15 is 0 Å². The van der Waals surface area contributed by atoms with E-state index in [4.69, 9.17) is 10.5 Å². The number of halogens is 1. The number of hydrogen-bond acceptors (Lipinski definition) is 2. The van der Waals surface area contributed by atoms with E-state index in [0.29, 0.717) is 11.9 Å². The fourth-order valence-electron chi connectivity index (χ4n) is 2.52. The molecule has 0 aliphatic heterocycles. The lowest BCUT2D eigenvalue weighted by Gasteiger charge is -2.34. The van der Waals surface area contributed by atoms with Gasteiger partial charge < -0.3 is 15.8 Å². The lowest BCUT2D eigenvalue weighted by atomic mass is 9.76. The normalized spacial score (nSPS) is 22.6. The van der Waals surface area contributed by atoms with Crippen molar-refractivity contribution in [2.24, 2.45) is 10.7 Å². The molecule has 1 fully saturated rings. The van der Waals surface area contributed by atoms with Gasteiger partial charge >= 0.3 is 0 Å². The van der Waals surface area contributed by atoms with E-state index in [1.165, 1.54) is 7.11 Å². The largest absolute Gasteiger partial charge is 0.494 e. The highest BCUT2D eigenvalue weighted by Crippen LogP contribution is 2.39. The van der Waals surface area contributed by atoms with Crippen LogP contribution in [0.15, 0.2) is 23.2 Å². The first kappa shape index (κ1) is 15.6. The number of rotatable bonds is 3. The molecule has 1 aliphatic carbocycles. The number of nitrogens with zero attached hydrogens (tertiary/aromatic N) is 1. The first-order valence-electron chi connectivity index (χ1n) is 7.23. The summed E-state index contributed by atoms with van der Waals surface area (Å²) in [6, 6.07) is 5.37. The Hall–Kier alpha value is -1.78. The van der Waals surface area contributed by atoms with E-state index in [0.717, 1.165) is 18.4 Å². The van der Waals surface area contributed by atoms with Crippen LogP contribution < -0.4 is 15.8 Å². The van der Waals surface area contributed by atoms with Gasteiger partial charge in [-0.2, -0.15) is 0 Å². The highest BCUT2D eigenvalue weighted by molar-refractivity contribution is 5.78. The number of methoxy groups -OCH3 is 1. The zero-order valence-corrected chi connectivity index (χ0v) is 13.1. The van der Waals surface area contributed by atoms with Crippen molar-refractivity contribution in [3.8, 4) is 5.75 Å². The van der Waals surface area contributed by atoms with E-state index in [9.17, 15) is 4.39 Å². The van der Waals surface area contributed by atoms with Gasteiger partial charge in [0, 0.05) is 5.54 Å². The van der Waals surface area contributed by atoms with Gasteiger partial charge in [-0.15, -0.1) is 0 Å². The van der Waals surface area contributed by atoms with E-state index in [1.54, 1.807) is 12.1 Å². The second-order valence-electron chi connectivity index (χ2n) is 6.61.